The van der Waals surface area contributed by atoms with E-state index in [-0.39, 0.29) is 22.0 Å². The Hall–Kier alpha value is -2.75. The van der Waals surface area contributed by atoms with Gasteiger partial charge in [0, 0.05) is 10.9 Å². The van der Waals surface area contributed by atoms with E-state index in [1.807, 2.05) is 0 Å². The minimum Gasteiger partial charge on any atom is -0.493 e. The second kappa shape index (κ2) is 6.28. The second-order valence-corrected chi connectivity index (χ2v) is 7.03. The van der Waals surface area contributed by atoms with Crippen LogP contribution in [0.1, 0.15) is 10.4 Å². The zero-order valence-electron chi connectivity index (χ0n) is 12.5. The first-order valence-corrected chi connectivity index (χ1v) is 8.78. The Morgan fingerprint density at radius 1 is 1.16 bits per heavy atom. The SMILES string of the molecule is NS(=O)(=O)c1ccc(C(=O)N=Nc2c(O)[nH]c3c(Cl)cccc23)cc1. The number of nitrogens with one attached hydrogen (secondary N) is 1. The van der Waals surface area contributed by atoms with Gasteiger partial charge in [0.25, 0.3) is 5.91 Å². The van der Waals surface area contributed by atoms with Gasteiger partial charge in [-0.3, -0.25) is 4.79 Å². The number of carbonyl (C=O) groups excluding carboxylic acids is 1. The van der Waals surface area contributed by atoms with E-state index in [0.717, 1.165) is 0 Å². The maximum atomic E-state index is 12.1. The van der Waals surface area contributed by atoms with Gasteiger partial charge in [-0.2, -0.15) is 0 Å². The quantitative estimate of drug-likeness (QED) is 0.602. The van der Waals surface area contributed by atoms with Crippen molar-refractivity contribution in [2.75, 3.05) is 0 Å². The van der Waals surface area contributed by atoms with Gasteiger partial charge in [-0.15, -0.1) is 10.2 Å². The van der Waals surface area contributed by atoms with Gasteiger partial charge in [0.2, 0.25) is 15.9 Å². The molecule has 1 aromatic heterocycles. The number of nitrogens with two attached hydrogens (primary N) is 1. The molecule has 3 aromatic rings. The number of aromatic hydroxyl groups is 1. The Labute approximate surface area is 147 Å². The van der Waals surface area contributed by atoms with Gasteiger partial charge in [0.1, 0.15) is 0 Å². The van der Waals surface area contributed by atoms with Crippen LogP contribution in [-0.4, -0.2) is 24.4 Å². The van der Waals surface area contributed by atoms with Gasteiger partial charge < -0.3 is 10.1 Å². The Morgan fingerprint density at radius 2 is 1.84 bits per heavy atom. The molecule has 1 amide bonds. The molecule has 10 heteroatoms. The third-order valence-corrected chi connectivity index (χ3v) is 4.65. The van der Waals surface area contributed by atoms with Gasteiger partial charge in [-0.1, -0.05) is 23.7 Å². The van der Waals surface area contributed by atoms with E-state index in [2.05, 4.69) is 15.2 Å². The lowest BCUT2D eigenvalue weighted by Crippen LogP contribution is -2.12. The molecule has 1 heterocycles. The van der Waals surface area contributed by atoms with Crippen molar-refractivity contribution in [1.29, 1.82) is 0 Å². The molecule has 4 N–H and O–H groups in total. The van der Waals surface area contributed by atoms with Crippen molar-refractivity contribution in [1.82, 2.24) is 4.98 Å². The number of H-pyrrole nitrogens is 1. The first-order valence-electron chi connectivity index (χ1n) is 6.85. The number of aromatic nitrogens is 1. The first kappa shape index (κ1) is 17.1. The third-order valence-electron chi connectivity index (χ3n) is 3.41. The zero-order chi connectivity index (χ0) is 18.2. The smallest absolute Gasteiger partial charge is 0.295 e. The van der Waals surface area contributed by atoms with Crippen molar-refractivity contribution < 1.29 is 18.3 Å². The molecule has 0 spiro atoms. The van der Waals surface area contributed by atoms with Crippen LogP contribution >= 0.6 is 11.6 Å². The molecule has 0 aliphatic heterocycles. The molecule has 128 valence electrons. The van der Waals surface area contributed by atoms with E-state index in [4.69, 9.17) is 16.7 Å². The molecule has 0 radical (unpaired) electrons. The summed E-state index contributed by atoms with van der Waals surface area (Å²) in [4.78, 5) is 14.6. The molecule has 0 fully saturated rings. The number of amides is 1. The van der Waals surface area contributed by atoms with E-state index in [1.165, 1.54) is 24.3 Å². The molecule has 0 saturated carbocycles. The highest BCUT2D eigenvalue weighted by Crippen LogP contribution is 2.38. The van der Waals surface area contributed by atoms with Crippen LogP contribution < -0.4 is 5.14 Å². The van der Waals surface area contributed by atoms with E-state index in [9.17, 15) is 18.3 Å². The number of aromatic amines is 1. The maximum Gasteiger partial charge on any atom is 0.295 e. The molecule has 8 nitrogen and oxygen atoms in total. The molecule has 25 heavy (non-hydrogen) atoms. The van der Waals surface area contributed by atoms with Crippen molar-refractivity contribution in [2.24, 2.45) is 15.4 Å². The molecule has 0 aliphatic carbocycles. The first-order chi connectivity index (χ1) is 11.8. The number of carbonyl (C=O) groups is 1. The average molecular weight is 379 g/mol. The van der Waals surface area contributed by atoms with Crippen molar-refractivity contribution in [3.8, 4) is 5.88 Å². The van der Waals surface area contributed by atoms with Gasteiger partial charge >= 0.3 is 0 Å². The van der Waals surface area contributed by atoms with Crippen LogP contribution in [0.4, 0.5) is 5.69 Å². The lowest BCUT2D eigenvalue weighted by atomic mass is 10.2. The monoisotopic (exact) mass is 378 g/mol. The van der Waals surface area contributed by atoms with Crippen LogP contribution in [-0.2, 0) is 10.0 Å². The Bertz CT molecular complexity index is 1100. The van der Waals surface area contributed by atoms with Crippen LogP contribution in [0.25, 0.3) is 10.9 Å². The fraction of sp³-hybridized carbons (Fsp3) is 0. The number of halogens is 1. The minimum atomic E-state index is -3.84. The number of benzene rings is 2. The van der Waals surface area contributed by atoms with E-state index in [1.54, 1.807) is 18.2 Å². The number of nitrogens with zero attached hydrogens (tertiary/aromatic N) is 2. The fourth-order valence-electron chi connectivity index (χ4n) is 2.20. The molecular weight excluding hydrogens is 368 g/mol. The topological polar surface area (TPSA) is 138 Å². The van der Waals surface area contributed by atoms with E-state index in [0.29, 0.717) is 15.9 Å². The highest BCUT2D eigenvalue weighted by atomic mass is 35.5. The summed E-state index contributed by atoms with van der Waals surface area (Å²) < 4.78 is 22.4. The van der Waals surface area contributed by atoms with Crippen molar-refractivity contribution in [3.63, 3.8) is 0 Å². The summed E-state index contributed by atoms with van der Waals surface area (Å²) in [7, 11) is -3.84. The van der Waals surface area contributed by atoms with Crippen LogP contribution in [0.3, 0.4) is 0 Å². The molecule has 0 bridgehead atoms. The molecule has 0 aliphatic rings. The van der Waals surface area contributed by atoms with Crippen LogP contribution in [0.15, 0.2) is 57.6 Å². The van der Waals surface area contributed by atoms with Crippen molar-refractivity contribution in [3.05, 3.63) is 53.1 Å². The summed E-state index contributed by atoms with van der Waals surface area (Å²) in [5, 5.41) is 23.1. The molecule has 0 saturated heterocycles. The Morgan fingerprint density at radius 3 is 2.48 bits per heavy atom. The predicted octanol–water partition coefficient (Wildman–Crippen LogP) is 3.10. The van der Waals surface area contributed by atoms with Crippen molar-refractivity contribution >= 4 is 44.1 Å². The number of primary sulfonamides is 1. The summed E-state index contributed by atoms with van der Waals surface area (Å²) in [6, 6.07) is 9.91. The van der Waals surface area contributed by atoms with Gasteiger partial charge in [-0.25, -0.2) is 13.6 Å². The summed E-state index contributed by atoms with van der Waals surface area (Å²) in [6.07, 6.45) is 0. The summed E-state index contributed by atoms with van der Waals surface area (Å²) >= 11 is 6.01. The maximum absolute atomic E-state index is 12.1. The number of para-hydroxylation sites is 1. The van der Waals surface area contributed by atoms with Crippen LogP contribution in [0.2, 0.25) is 5.02 Å². The van der Waals surface area contributed by atoms with E-state index < -0.39 is 15.9 Å². The molecule has 0 atom stereocenters. The van der Waals surface area contributed by atoms with Crippen LogP contribution in [0.5, 0.6) is 5.88 Å². The molecule has 0 unspecified atom stereocenters. The van der Waals surface area contributed by atoms with Gasteiger partial charge in [-0.05, 0) is 30.3 Å². The lowest BCUT2D eigenvalue weighted by molar-refractivity contribution is 0.0995. The zero-order valence-corrected chi connectivity index (χ0v) is 14.0. The molecular formula is C15H11ClN4O4S. The number of fused-ring (bicyclic) bond motifs is 1. The normalized spacial score (nSPS) is 12.1. The number of hydrogen-bond donors (Lipinski definition) is 3. The highest BCUT2D eigenvalue weighted by molar-refractivity contribution is 7.89. The van der Waals surface area contributed by atoms with E-state index >= 15 is 0 Å². The number of hydrogen-bond acceptors (Lipinski definition) is 5. The lowest BCUT2D eigenvalue weighted by Gasteiger charge is -1.98. The number of azo groups is 1. The number of rotatable bonds is 3. The standard InChI is InChI=1S/C15H11ClN4O4S/c16-11-3-1-2-10-12(11)18-15(22)13(10)19-20-14(21)8-4-6-9(7-5-8)25(17,23)24/h1-7,18,22H,(H2,17,23,24). The largest absolute Gasteiger partial charge is 0.493 e. The highest BCUT2D eigenvalue weighted by Gasteiger charge is 2.14. The molecule has 2 aromatic carbocycles. The minimum absolute atomic E-state index is 0.0759. The van der Waals surface area contributed by atoms with Gasteiger partial charge in [0.05, 0.1) is 15.4 Å². The fourth-order valence-corrected chi connectivity index (χ4v) is 2.93. The summed E-state index contributed by atoms with van der Waals surface area (Å²) in [5.74, 6) is -0.985. The average Bonchev–Trinajstić information content (AvgIpc) is 2.89. The third kappa shape index (κ3) is 3.38. The molecule has 3 rings (SSSR count). The van der Waals surface area contributed by atoms with Crippen molar-refractivity contribution in [2.45, 2.75) is 4.90 Å². The summed E-state index contributed by atoms with van der Waals surface area (Å²) in [6.45, 7) is 0. The van der Waals surface area contributed by atoms with Crippen LogP contribution in [0, 0.1) is 0 Å². The second-order valence-electron chi connectivity index (χ2n) is 5.06. The van der Waals surface area contributed by atoms with Gasteiger partial charge in [0.15, 0.2) is 5.69 Å². The number of sulfonamides is 1. The summed E-state index contributed by atoms with van der Waals surface area (Å²) in [5.41, 5.74) is 0.668. The Kier molecular flexibility index (Phi) is 4.29. The Balaban J connectivity index is 1.91. The predicted molar refractivity (Wildman–Crippen MR) is 91.6 cm³/mol.